The Labute approximate surface area is 155 Å². The first kappa shape index (κ1) is 21.7. The predicted molar refractivity (Wildman–Crippen MR) is 108 cm³/mol. The minimum atomic E-state index is -0.182. The molecule has 0 aromatic rings. The molecule has 0 saturated carbocycles. The summed E-state index contributed by atoms with van der Waals surface area (Å²) in [5.74, 6) is -0.182. The molecule has 1 aliphatic carbocycles. The first-order valence-corrected chi connectivity index (χ1v) is 10.4. The zero-order valence-electron chi connectivity index (χ0n) is 17.2. The van der Waals surface area contributed by atoms with Crippen molar-refractivity contribution in [1.82, 2.24) is 0 Å². The second-order valence-electron chi connectivity index (χ2n) is 6.96. The molecule has 0 saturated heterocycles. The zero-order chi connectivity index (χ0) is 18.7. The third-order valence-corrected chi connectivity index (χ3v) is 4.87. The van der Waals surface area contributed by atoms with Crippen LogP contribution in [-0.2, 0) is 9.53 Å². The number of esters is 1. The molecule has 0 radical (unpaired) electrons. The SMILES string of the molecule is CCCC1=C(CCC)C(CCC)=C(CCC)/C(=C\C(=O)OCC)CC1. The van der Waals surface area contributed by atoms with Gasteiger partial charge in [0.25, 0.3) is 0 Å². The molecule has 0 aromatic heterocycles. The van der Waals surface area contributed by atoms with Gasteiger partial charge in [0.15, 0.2) is 0 Å². The molecule has 1 aliphatic rings. The molecule has 0 fully saturated rings. The average Bonchev–Trinajstić information content (AvgIpc) is 2.70. The van der Waals surface area contributed by atoms with Crippen LogP contribution < -0.4 is 0 Å². The molecule has 0 heterocycles. The Balaban J connectivity index is 3.46. The molecule has 0 bridgehead atoms. The molecule has 0 spiro atoms. The normalized spacial score (nSPS) is 17.2. The first-order chi connectivity index (χ1) is 12.1. The molecule has 25 heavy (non-hydrogen) atoms. The third-order valence-electron chi connectivity index (χ3n) is 4.87. The Morgan fingerprint density at radius 2 is 1.36 bits per heavy atom. The third kappa shape index (κ3) is 6.49. The highest BCUT2D eigenvalue weighted by atomic mass is 16.5. The Morgan fingerprint density at radius 1 is 0.800 bits per heavy atom. The van der Waals surface area contributed by atoms with Crippen molar-refractivity contribution in [1.29, 1.82) is 0 Å². The summed E-state index contributed by atoms with van der Waals surface area (Å²) >= 11 is 0. The van der Waals surface area contributed by atoms with E-state index in [0.29, 0.717) is 6.61 Å². The van der Waals surface area contributed by atoms with E-state index < -0.39 is 0 Å². The van der Waals surface area contributed by atoms with Crippen LogP contribution in [0, 0.1) is 0 Å². The van der Waals surface area contributed by atoms with E-state index in [1.807, 2.05) is 6.92 Å². The molecule has 142 valence electrons. The molecule has 0 aromatic carbocycles. The van der Waals surface area contributed by atoms with Crippen molar-refractivity contribution >= 4 is 5.97 Å². The molecule has 0 unspecified atom stereocenters. The van der Waals surface area contributed by atoms with Crippen molar-refractivity contribution in [3.05, 3.63) is 33.9 Å². The van der Waals surface area contributed by atoms with Crippen LogP contribution in [0.2, 0.25) is 0 Å². The summed E-state index contributed by atoms with van der Waals surface area (Å²) in [5.41, 5.74) is 7.45. The maximum Gasteiger partial charge on any atom is 0.331 e. The van der Waals surface area contributed by atoms with Gasteiger partial charge in [0, 0.05) is 6.08 Å². The molecule has 0 atom stereocenters. The molecule has 0 aliphatic heterocycles. The number of carbonyl (C=O) groups excluding carboxylic acids is 1. The summed E-state index contributed by atoms with van der Waals surface area (Å²) in [6, 6.07) is 0. The minimum Gasteiger partial charge on any atom is -0.463 e. The quantitative estimate of drug-likeness (QED) is 0.312. The Morgan fingerprint density at radius 3 is 1.92 bits per heavy atom. The minimum absolute atomic E-state index is 0.182. The highest BCUT2D eigenvalue weighted by Crippen LogP contribution is 2.40. The summed E-state index contributed by atoms with van der Waals surface area (Å²) in [4.78, 5) is 12.1. The number of ether oxygens (including phenoxy) is 1. The summed E-state index contributed by atoms with van der Waals surface area (Å²) < 4.78 is 5.20. The fraction of sp³-hybridized carbons (Fsp3) is 0.696. The van der Waals surface area contributed by atoms with Crippen LogP contribution in [0.1, 0.15) is 98.8 Å². The van der Waals surface area contributed by atoms with Gasteiger partial charge in [-0.05, 0) is 67.7 Å². The highest BCUT2D eigenvalue weighted by Gasteiger charge is 2.22. The lowest BCUT2D eigenvalue weighted by atomic mass is 9.86. The summed E-state index contributed by atoms with van der Waals surface area (Å²) in [7, 11) is 0. The maximum absolute atomic E-state index is 12.1. The first-order valence-electron chi connectivity index (χ1n) is 10.4. The van der Waals surface area contributed by atoms with E-state index >= 15 is 0 Å². The van der Waals surface area contributed by atoms with Crippen molar-refractivity contribution in [2.24, 2.45) is 0 Å². The number of carbonyl (C=O) groups is 1. The van der Waals surface area contributed by atoms with Gasteiger partial charge in [-0.1, -0.05) is 59.0 Å². The van der Waals surface area contributed by atoms with Gasteiger partial charge in [0.05, 0.1) is 6.61 Å². The number of hydrogen-bond acceptors (Lipinski definition) is 2. The van der Waals surface area contributed by atoms with Crippen LogP contribution in [0.3, 0.4) is 0 Å². The van der Waals surface area contributed by atoms with E-state index in [-0.39, 0.29) is 5.97 Å². The van der Waals surface area contributed by atoms with Gasteiger partial charge in [0.1, 0.15) is 0 Å². The van der Waals surface area contributed by atoms with E-state index in [4.69, 9.17) is 4.74 Å². The van der Waals surface area contributed by atoms with E-state index in [2.05, 4.69) is 27.7 Å². The van der Waals surface area contributed by atoms with Gasteiger partial charge in [-0.15, -0.1) is 0 Å². The Hall–Kier alpha value is -1.31. The summed E-state index contributed by atoms with van der Waals surface area (Å²) in [5, 5.41) is 0. The Bertz CT molecular complexity index is 520. The molecule has 2 nitrogen and oxygen atoms in total. The van der Waals surface area contributed by atoms with E-state index in [1.54, 1.807) is 22.8 Å². The lowest BCUT2D eigenvalue weighted by molar-refractivity contribution is -0.137. The van der Waals surface area contributed by atoms with Gasteiger partial charge < -0.3 is 4.74 Å². The van der Waals surface area contributed by atoms with Crippen LogP contribution in [0.15, 0.2) is 33.9 Å². The van der Waals surface area contributed by atoms with Crippen LogP contribution in [0.5, 0.6) is 0 Å². The number of hydrogen-bond donors (Lipinski definition) is 0. The highest BCUT2D eigenvalue weighted by molar-refractivity contribution is 5.84. The van der Waals surface area contributed by atoms with Crippen LogP contribution in [0.25, 0.3) is 0 Å². The smallest absolute Gasteiger partial charge is 0.331 e. The predicted octanol–water partition coefficient (Wildman–Crippen LogP) is 7.06. The lowest BCUT2D eigenvalue weighted by Crippen LogP contribution is -2.04. The molecular weight excluding hydrogens is 308 g/mol. The molecular formula is C23H38O2. The van der Waals surface area contributed by atoms with E-state index in [1.165, 1.54) is 36.8 Å². The maximum atomic E-state index is 12.1. The van der Waals surface area contributed by atoms with Gasteiger partial charge in [-0.3, -0.25) is 0 Å². The lowest BCUT2D eigenvalue weighted by Gasteiger charge is -2.19. The second kappa shape index (κ2) is 12.1. The van der Waals surface area contributed by atoms with Crippen LogP contribution in [-0.4, -0.2) is 12.6 Å². The van der Waals surface area contributed by atoms with Crippen LogP contribution in [0.4, 0.5) is 0 Å². The van der Waals surface area contributed by atoms with Gasteiger partial charge >= 0.3 is 5.97 Å². The standard InChI is InChI=1S/C23H38O2/c1-6-11-18-15-16-19(17-23(24)25-10-5)21(13-8-3)22(14-9-4)20(18)12-7-2/h17H,6-16H2,1-5H3/b19-17-. The Kier molecular flexibility index (Phi) is 10.5. The van der Waals surface area contributed by atoms with E-state index in [9.17, 15) is 4.79 Å². The fourth-order valence-electron chi connectivity index (χ4n) is 3.93. The number of rotatable bonds is 10. The van der Waals surface area contributed by atoms with Crippen molar-refractivity contribution < 1.29 is 9.53 Å². The molecule has 1 rings (SSSR count). The molecule has 0 amide bonds. The molecule has 0 N–H and O–H groups in total. The van der Waals surface area contributed by atoms with Crippen molar-refractivity contribution in [3.8, 4) is 0 Å². The van der Waals surface area contributed by atoms with Crippen molar-refractivity contribution in [2.45, 2.75) is 98.8 Å². The van der Waals surface area contributed by atoms with Crippen molar-refractivity contribution in [2.75, 3.05) is 6.61 Å². The molecule has 2 heteroatoms. The average molecular weight is 347 g/mol. The zero-order valence-corrected chi connectivity index (χ0v) is 17.2. The van der Waals surface area contributed by atoms with Crippen LogP contribution >= 0.6 is 0 Å². The fourth-order valence-corrected chi connectivity index (χ4v) is 3.93. The number of allylic oxidation sites excluding steroid dienone is 5. The summed E-state index contributed by atoms with van der Waals surface area (Å²) in [6.07, 6.45) is 13.0. The van der Waals surface area contributed by atoms with Gasteiger partial charge in [0.2, 0.25) is 0 Å². The topological polar surface area (TPSA) is 26.3 Å². The van der Waals surface area contributed by atoms with E-state index in [0.717, 1.165) is 38.5 Å². The monoisotopic (exact) mass is 346 g/mol. The summed E-state index contributed by atoms with van der Waals surface area (Å²) in [6.45, 7) is 11.4. The second-order valence-corrected chi connectivity index (χ2v) is 6.96. The largest absolute Gasteiger partial charge is 0.463 e. The van der Waals surface area contributed by atoms with Gasteiger partial charge in [-0.25, -0.2) is 4.79 Å². The van der Waals surface area contributed by atoms with Gasteiger partial charge in [-0.2, -0.15) is 0 Å². The van der Waals surface area contributed by atoms with Crippen molar-refractivity contribution in [3.63, 3.8) is 0 Å².